The fraction of sp³-hybridized carbons (Fsp3) is 0.533. The lowest BCUT2D eigenvalue weighted by Crippen LogP contribution is -2.28. The SMILES string of the molecule is CCCN(CCC(C)(C)C#N)c1cccc(N)c1. The van der Waals surface area contributed by atoms with Crippen LogP contribution in [0.5, 0.6) is 0 Å². The molecule has 0 radical (unpaired) electrons. The van der Waals surface area contributed by atoms with Gasteiger partial charge in [-0.3, -0.25) is 0 Å². The summed E-state index contributed by atoms with van der Waals surface area (Å²) in [5, 5.41) is 9.06. The van der Waals surface area contributed by atoms with Crippen LogP contribution in [-0.2, 0) is 0 Å². The van der Waals surface area contributed by atoms with Crippen molar-refractivity contribution in [1.82, 2.24) is 0 Å². The topological polar surface area (TPSA) is 53.0 Å². The van der Waals surface area contributed by atoms with Gasteiger partial charge < -0.3 is 10.6 Å². The molecule has 1 rings (SSSR count). The molecular formula is C15H23N3. The first kappa shape index (κ1) is 14.4. The van der Waals surface area contributed by atoms with Gasteiger partial charge in [-0.25, -0.2) is 0 Å². The summed E-state index contributed by atoms with van der Waals surface area (Å²) in [6.45, 7) is 8.00. The average molecular weight is 245 g/mol. The highest BCUT2D eigenvalue weighted by atomic mass is 15.1. The van der Waals surface area contributed by atoms with Gasteiger partial charge in [0.1, 0.15) is 0 Å². The van der Waals surface area contributed by atoms with Gasteiger partial charge in [-0.05, 0) is 44.9 Å². The molecule has 0 fully saturated rings. The minimum Gasteiger partial charge on any atom is -0.399 e. The maximum absolute atomic E-state index is 9.06. The molecule has 18 heavy (non-hydrogen) atoms. The largest absolute Gasteiger partial charge is 0.399 e. The molecule has 1 aromatic rings. The molecule has 0 bridgehead atoms. The van der Waals surface area contributed by atoms with E-state index in [2.05, 4.69) is 24.0 Å². The van der Waals surface area contributed by atoms with E-state index in [1.807, 2.05) is 32.0 Å². The Morgan fingerprint density at radius 2 is 2.06 bits per heavy atom. The van der Waals surface area contributed by atoms with Crippen LogP contribution in [0, 0.1) is 16.7 Å². The van der Waals surface area contributed by atoms with Gasteiger partial charge in [0.15, 0.2) is 0 Å². The molecule has 2 N–H and O–H groups in total. The molecular weight excluding hydrogens is 222 g/mol. The lowest BCUT2D eigenvalue weighted by molar-refractivity contribution is 0.450. The van der Waals surface area contributed by atoms with Crippen molar-refractivity contribution in [2.24, 2.45) is 5.41 Å². The highest BCUT2D eigenvalue weighted by Gasteiger charge is 2.18. The van der Waals surface area contributed by atoms with Gasteiger partial charge in [0.05, 0.1) is 11.5 Å². The molecule has 1 aromatic carbocycles. The molecule has 0 aliphatic rings. The molecule has 0 atom stereocenters. The number of hydrogen-bond donors (Lipinski definition) is 1. The monoisotopic (exact) mass is 245 g/mol. The van der Waals surface area contributed by atoms with Gasteiger partial charge in [0.25, 0.3) is 0 Å². The van der Waals surface area contributed by atoms with E-state index < -0.39 is 0 Å². The van der Waals surface area contributed by atoms with Crippen LogP contribution in [0.25, 0.3) is 0 Å². The Labute approximate surface area is 110 Å². The van der Waals surface area contributed by atoms with Crippen LogP contribution in [0.4, 0.5) is 11.4 Å². The molecule has 0 unspecified atom stereocenters. The number of nitrogen functional groups attached to an aromatic ring is 1. The van der Waals surface area contributed by atoms with Crippen molar-refractivity contribution in [3.63, 3.8) is 0 Å². The highest BCUT2D eigenvalue weighted by molar-refractivity contribution is 5.55. The van der Waals surface area contributed by atoms with Crippen LogP contribution in [0.15, 0.2) is 24.3 Å². The van der Waals surface area contributed by atoms with Crippen molar-refractivity contribution in [2.45, 2.75) is 33.6 Å². The number of nitrogens with zero attached hydrogens (tertiary/aromatic N) is 2. The smallest absolute Gasteiger partial charge is 0.0684 e. The Morgan fingerprint density at radius 3 is 2.61 bits per heavy atom. The van der Waals surface area contributed by atoms with E-state index in [4.69, 9.17) is 11.0 Å². The van der Waals surface area contributed by atoms with Gasteiger partial charge in [-0.15, -0.1) is 0 Å². The standard InChI is InChI=1S/C15H23N3/c1-4-9-18(10-8-15(2,3)12-16)14-7-5-6-13(17)11-14/h5-7,11H,4,8-10,17H2,1-3H3. The Morgan fingerprint density at radius 1 is 1.33 bits per heavy atom. The summed E-state index contributed by atoms with van der Waals surface area (Å²) in [6, 6.07) is 10.3. The summed E-state index contributed by atoms with van der Waals surface area (Å²) in [5.74, 6) is 0. The minimum absolute atomic E-state index is 0.272. The Bertz CT molecular complexity index is 418. The lowest BCUT2D eigenvalue weighted by atomic mass is 9.91. The zero-order valence-electron chi connectivity index (χ0n) is 11.6. The number of anilines is 2. The normalized spacial score (nSPS) is 11.0. The quantitative estimate of drug-likeness (QED) is 0.781. The fourth-order valence-corrected chi connectivity index (χ4v) is 1.83. The molecule has 0 amide bonds. The molecule has 0 aliphatic heterocycles. The number of hydrogen-bond acceptors (Lipinski definition) is 3. The van der Waals surface area contributed by atoms with Crippen molar-refractivity contribution in [1.29, 1.82) is 5.26 Å². The van der Waals surface area contributed by atoms with Crippen molar-refractivity contribution >= 4 is 11.4 Å². The van der Waals surface area contributed by atoms with Crippen LogP contribution in [-0.4, -0.2) is 13.1 Å². The van der Waals surface area contributed by atoms with E-state index in [0.717, 1.165) is 37.3 Å². The number of rotatable bonds is 6. The number of nitrogens with two attached hydrogens (primary N) is 1. The first-order chi connectivity index (χ1) is 8.48. The van der Waals surface area contributed by atoms with Crippen LogP contribution < -0.4 is 10.6 Å². The van der Waals surface area contributed by atoms with Crippen LogP contribution >= 0.6 is 0 Å². The summed E-state index contributed by atoms with van der Waals surface area (Å²) >= 11 is 0. The second kappa shape index (κ2) is 6.30. The van der Waals surface area contributed by atoms with E-state index in [-0.39, 0.29) is 5.41 Å². The molecule has 0 saturated carbocycles. The third-order valence-electron chi connectivity index (χ3n) is 3.04. The van der Waals surface area contributed by atoms with Crippen molar-refractivity contribution in [3.05, 3.63) is 24.3 Å². The number of nitriles is 1. The third kappa shape index (κ3) is 4.29. The van der Waals surface area contributed by atoms with Gasteiger partial charge in [0.2, 0.25) is 0 Å². The average Bonchev–Trinajstić information content (AvgIpc) is 2.34. The lowest BCUT2D eigenvalue weighted by Gasteiger charge is -2.27. The third-order valence-corrected chi connectivity index (χ3v) is 3.04. The molecule has 98 valence electrons. The molecule has 0 heterocycles. The van der Waals surface area contributed by atoms with E-state index in [9.17, 15) is 0 Å². The van der Waals surface area contributed by atoms with E-state index in [1.165, 1.54) is 0 Å². The summed E-state index contributed by atoms with van der Waals surface area (Å²) in [6.07, 6.45) is 1.94. The predicted molar refractivity (Wildman–Crippen MR) is 77.4 cm³/mol. The first-order valence-electron chi connectivity index (χ1n) is 6.50. The maximum Gasteiger partial charge on any atom is 0.0684 e. The first-order valence-corrected chi connectivity index (χ1v) is 6.50. The van der Waals surface area contributed by atoms with Crippen LogP contribution in [0.1, 0.15) is 33.6 Å². The van der Waals surface area contributed by atoms with Crippen molar-refractivity contribution < 1.29 is 0 Å². The highest BCUT2D eigenvalue weighted by Crippen LogP contribution is 2.23. The zero-order chi connectivity index (χ0) is 13.6. The Kier molecular flexibility index (Phi) is 5.03. The van der Waals surface area contributed by atoms with Crippen LogP contribution in [0.2, 0.25) is 0 Å². The molecule has 0 aromatic heterocycles. The van der Waals surface area contributed by atoms with E-state index in [0.29, 0.717) is 0 Å². The molecule has 0 aliphatic carbocycles. The summed E-state index contributed by atoms with van der Waals surface area (Å²) in [5.41, 5.74) is 7.48. The summed E-state index contributed by atoms with van der Waals surface area (Å²) in [4.78, 5) is 2.30. The van der Waals surface area contributed by atoms with Crippen molar-refractivity contribution in [2.75, 3.05) is 23.7 Å². The van der Waals surface area contributed by atoms with Gasteiger partial charge in [-0.1, -0.05) is 13.0 Å². The number of benzene rings is 1. The molecule has 0 saturated heterocycles. The Balaban J connectivity index is 2.75. The molecule has 3 nitrogen and oxygen atoms in total. The van der Waals surface area contributed by atoms with Crippen molar-refractivity contribution in [3.8, 4) is 6.07 Å². The van der Waals surface area contributed by atoms with Gasteiger partial charge in [-0.2, -0.15) is 5.26 Å². The minimum atomic E-state index is -0.272. The van der Waals surface area contributed by atoms with E-state index >= 15 is 0 Å². The molecule has 3 heteroatoms. The Hall–Kier alpha value is -1.69. The molecule has 0 spiro atoms. The summed E-state index contributed by atoms with van der Waals surface area (Å²) in [7, 11) is 0. The second-order valence-electron chi connectivity index (χ2n) is 5.33. The fourth-order valence-electron chi connectivity index (χ4n) is 1.83. The zero-order valence-corrected chi connectivity index (χ0v) is 11.6. The van der Waals surface area contributed by atoms with Gasteiger partial charge >= 0.3 is 0 Å². The van der Waals surface area contributed by atoms with Crippen LogP contribution in [0.3, 0.4) is 0 Å². The van der Waals surface area contributed by atoms with Gasteiger partial charge in [0, 0.05) is 24.5 Å². The van der Waals surface area contributed by atoms with E-state index in [1.54, 1.807) is 0 Å². The maximum atomic E-state index is 9.06. The summed E-state index contributed by atoms with van der Waals surface area (Å²) < 4.78 is 0. The second-order valence-corrected chi connectivity index (χ2v) is 5.33. The predicted octanol–water partition coefficient (Wildman–Crippen LogP) is 3.43.